The number of hydrogen-bond donors (Lipinski definition) is 2. The van der Waals surface area contributed by atoms with E-state index in [0.717, 1.165) is 12.8 Å². The molecule has 2 rings (SSSR count). The lowest BCUT2D eigenvalue weighted by Crippen LogP contribution is -2.37. The molecule has 0 spiro atoms. The summed E-state index contributed by atoms with van der Waals surface area (Å²) in [6.07, 6.45) is 5.97. The van der Waals surface area contributed by atoms with Crippen molar-refractivity contribution < 1.29 is 9.63 Å². The summed E-state index contributed by atoms with van der Waals surface area (Å²) in [6.45, 7) is 2.68. The average Bonchev–Trinajstić information content (AvgIpc) is 2.63. The van der Waals surface area contributed by atoms with E-state index >= 15 is 0 Å². The predicted molar refractivity (Wildman–Crippen MR) is 63.3 cm³/mol. The summed E-state index contributed by atoms with van der Waals surface area (Å²) in [6, 6.07) is 0.376. The Morgan fingerprint density at radius 2 is 2.18 bits per heavy atom. The quantitative estimate of drug-likeness (QED) is 0.777. The van der Waals surface area contributed by atoms with Gasteiger partial charge in [-0.15, -0.1) is 0 Å². The molecule has 0 aromatic carbocycles. The van der Waals surface area contributed by atoms with Gasteiger partial charge in [-0.05, 0) is 18.8 Å². The van der Waals surface area contributed by atoms with Gasteiger partial charge in [-0.1, -0.05) is 24.4 Å². The second-order valence-corrected chi connectivity index (χ2v) is 4.80. The molecule has 1 saturated carbocycles. The van der Waals surface area contributed by atoms with Crippen molar-refractivity contribution in [3.05, 3.63) is 11.7 Å². The Hall–Kier alpha value is -0.940. The molecule has 0 bridgehead atoms. The van der Waals surface area contributed by atoms with Gasteiger partial charge in [0.05, 0.1) is 6.54 Å². The fourth-order valence-electron chi connectivity index (χ4n) is 2.51. The smallest absolute Gasteiger partial charge is 0.223 e. The number of aliphatic hydroxyl groups excluding tert-OH is 1. The van der Waals surface area contributed by atoms with Crippen LogP contribution in [0.1, 0.15) is 43.8 Å². The van der Waals surface area contributed by atoms with Crippen LogP contribution in [0.5, 0.6) is 0 Å². The van der Waals surface area contributed by atoms with Crippen molar-refractivity contribution in [1.29, 1.82) is 0 Å². The minimum atomic E-state index is 0.267. The molecule has 0 radical (unpaired) electrons. The fraction of sp³-hybridized carbons (Fsp3) is 0.833. The molecule has 2 N–H and O–H groups in total. The molecular weight excluding hydrogens is 218 g/mol. The minimum Gasteiger partial charge on any atom is -0.396 e. The monoisotopic (exact) mass is 239 g/mol. The lowest BCUT2D eigenvalue weighted by atomic mass is 9.96. The van der Waals surface area contributed by atoms with Crippen LogP contribution < -0.4 is 5.32 Å². The van der Waals surface area contributed by atoms with Crippen LogP contribution in [0.4, 0.5) is 0 Å². The van der Waals surface area contributed by atoms with Crippen LogP contribution in [0, 0.1) is 12.8 Å². The van der Waals surface area contributed by atoms with E-state index in [4.69, 9.17) is 4.52 Å². The number of aromatic nitrogens is 2. The molecule has 1 aliphatic rings. The number of aryl methyl sites for hydroxylation is 1. The van der Waals surface area contributed by atoms with Gasteiger partial charge in [0.2, 0.25) is 5.89 Å². The van der Waals surface area contributed by atoms with E-state index in [-0.39, 0.29) is 6.61 Å². The Balaban J connectivity index is 1.87. The Kier molecular flexibility index (Phi) is 4.50. The molecule has 1 aromatic heterocycles. The molecule has 1 aromatic rings. The van der Waals surface area contributed by atoms with Crippen LogP contribution in [-0.2, 0) is 6.54 Å². The molecule has 17 heavy (non-hydrogen) atoms. The van der Waals surface area contributed by atoms with Crippen LogP contribution in [0.2, 0.25) is 0 Å². The highest BCUT2D eigenvalue weighted by Crippen LogP contribution is 2.23. The molecular formula is C12H21N3O2. The Morgan fingerprint density at radius 3 is 2.88 bits per heavy atom. The van der Waals surface area contributed by atoms with Crippen molar-refractivity contribution in [2.45, 2.75) is 51.6 Å². The molecule has 2 unspecified atom stereocenters. The van der Waals surface area contributed by atoms with Crippen molar-refractivity contribution in [3.8, 4) is 0 Å². The van der Waals surface area contributed by atoms with Crippen LogP contribution >= 0.6 is 0 Å². The molecule has 1 aliphatic carbocycles. The van der Waals surface area contributed by atoms with E-state index in [1.165, 1.54) is 19.3 Å². The van der Waals surface area contributed by atoms with Gasteiger partial charge in [-0.3, -0.25) is 0 Å². The van der Waals surface area contributed by atoms with Crippen molar-refractivity contribution in [1.82, 2.24) is 15.5 Å². The summed E-state index contributed by atoms with van der Waals surface area (Å²) in [5, 5.41) is 16.7. The lowest BCUT2D eigenvalue weighted by molar-refractivity contribution is 0.180. The summed E-state index contributed by atoms with van der Waals surface area (Å²) < 4.78 is 4.93. The zero-order valence-corrected chi connectivity index (χ0v) is 10.4. The van der Waals surface area contributed by atoms with E-state index in [1.807, 2.05) is 0 Å². The number of hydrogen-bond acceptors (Lipinski definition) is 5. The summed E-state index contributed by atoms with van der Waals surface area (Å²) in [5.74, 6) is 1.66. The molecule has 5 heteroatoms. The normalized spacial score (nSPS) is 25.8. The molecule has 5 nitrogen and oxygen atoms in total. The maximum absolute atomic E-state index is 9.40. The highest BCUT2D eigenvalue weighted by Gasteiger charge is 2.22. The van der Waals surface area contributed by atoms with E-state index < -0.39 is 0 Å². The van der Waals surface area contributed by atoms with E-state index in [1.54, 1.807) is 6.92 Å². The van der Waals surface area contributed by atoms with E-state index in [9.17, 15) is 5.11 Å². The van der Waals surface area contributed by atoms with E-state index in [0.29, 0.717) is 30.2 Å². The molecule has 0 saturated heterocycles. The van der Waals surface area contributed by atoms with Crippen LogP contribution in [0.25, 0.3) is 0 Å². The summed E-state index contributed by atoms with van der Waals surface area (Å²) in [5.41, 5.74) is 0. The zero-order valence-electron chi connectivity index (χ0n) is 10.4. The topological polar surface area (TPSA) is 71.2 Å². The summed E-state index contributed by atoms with van der Waals surface area (Å²) >= 11 is 0. The number of nitrogens with zero attached hydrogens (tertiary/aromatic N) is 2. The predicted octanol–water partition coefficient (Wildman–Crippen LogP) is 1.41. The molecule has 0 aliphatic heterocycles. The van der Waals surface area contributed by atoms with Gasteiger partial charge in [0, 0.05) is 19.6 Å². The number of aliphatic hydroxyl groups is 1. The van der Waals surface area contributed by atoms with Crippen molar-refractivity contribution >= 4 is 0 Å². The van der Waals surface area contributed by atoms with Crippen molar-refractivity contribution in [3.63, 3.8) is 0 Å². The third kappa shape index (κ3) is 3.51. The molecule has 1 heterocycles. The molecule has 0 amide bonds. The van der Waals surface area contributed by atoms with Gasteiger partial charge in [-0.2, -0.15) is 4.98 Å². The molecule has 96 valence electrons. The van der Waals surface area contributed by atoms with Gasteiger partial charge >= 0.3 is 0 Å². The van der Waals surface area contributed by atoms with Crippen LogP contribution in [0.15, 0.2) is 4.52 Å². The molecule has 2 atom stereocenters. The second kappa shape index (κ2) is 6.12. The minimum absolute atomic E-state index is 0.267. The first-order chi connectivity index (χ1) is 8.29. The highest BCUT2D eigenvalue weighted by atomic mass is 16.5. The van der Waals surface area contributed by atoms with Gasteiger partial charge in [-0.25, -0.2) is 0 Å². The first kappa shape index (κ1) is 12.5. The maximum atomic E-state index is 9.40. The SMILES string of the molecule is Cc1nc(CNC2CCCCCC2CO)no1. The number of rotatable bonds is 4. The second-order valence-electron chi connectivity index (χ2n) is 4.80. The standard InChI is InChI=1S/C12H21N3O2/c1-9-14-12(15-17-9)7-13-11-6-4-2-3-5-10(11)8-16/h10-11,13,16H,2-8H2,1H3. The van der Waals surface area contributed by atoms with Gasteiger partial charge in [0.1, 0.15) is 0 Å². The van der Waals surface area contributed by atoms with Crippen molar-refractivity contribution in [2.24, 2.45) is 5.92 Å². The van der Waals surface area contributed by atoms with Gasteiger partial charge in [0.15, 0.2) is 5.82 Å². The lowest BCUT2D eigenvalue weighted by Gasteiger charge is -2.23. The summed E-state index contributed by atoms with van der Waals surface area (Å²) in [7, 11) is 0. The largest absolute Gasteiger partial charge is 0.396 e. The first-order valence-corrected chi connectivity index (χ1v) is 6.43. The maximum Gasteiger partial charge on any atom is 0.223 e. The fourth-order valence-corrected chi connectivity index (χ4v) is 2.51. The van der Waals surface area contributed by atoms with Gasteiger partial charge in [0.25, 0.3) is 0 Å². The van der Waals surface area contributed by atoms with Crippen LogP contribution in [0.3, 0.4) is 0 Å². The Bertz CT molecular complexity index is 340. The molecule has 1 fully saturated rings. The van der Waals surface area contributed by atoms with Crippen molar-refractivity contribution in [2.75, 3.05) is 6.61 Å². The summed E-state index contributed by atoms with van der Waals surface area (Å²) in [4.78, 5) is 4.17. The third-order valence-corrected chi connectivity index (χ3v) is 3.49. The van der Waals surface area contributed by atoms with E-state index in [2.05, 4.69) is 15.5 Å². The zero-order chi connectivity index (χ0) is 12.1. The Morgan fingerprint density at radius 1 is 1.35 bits per heavy atom. The number of nitrogens with one attached hydrogen (secondary N) is 1. The third-order valence-electron chi connectivity index (χ3n) is 3.49. The Labute approximate surface area is 102 Å². The highest BCUT2D eigenvalue weighted by molar-refractivity contribution is 4.86. The first-order valence-electron chi connectivity index (χ1n) is 6.43. The van der Waals surface area contributed by atoms with Crippen LogP contribution in [-0.4, -0.2) is 27.9 Å². The average molecular weight is 239 g/mol. The van der Waals surface area contributed by atoms with Gasteiger partial charge < -0.3 is 14.9 Å².